The van der Waals surface area contributed by atoms with E-state index in [1.54, 1.807) is 19.9 Å². The van der Waals surface area contributed by atoms with Crippen LogP contribution in [0.15, 0.2) is 24.5 Å². The lowest BCUT2D eigenvalue weighted by Gasteiger charge is -2.09. The third-order valence-corrected chi connectivity index (χ3v) is 2.62. The summed E-state index contributed by atoms with van der Waals surface area (Å²) in [6.45, 7) is 3.52. The fourth-order valence-electron chi connectivity index (χ4n) is 1.68. The summed E-state index contributed by atoms with van der Waals surface area (Å²) in [7, 11) is 0. The number of nitrogens with zero attached hydrogens (tertiary/aromatic N) is 3. The van der Waals surface area contributed by atoms with Crippen LogP contribution in [0.1, 0.15) is 11.1 Å². The average Bonchev–Trinajstić information content (AvgIpc) is 2.32. The van der Waals surface area contributed by atoms with Crippen molar-refractivity contribution in [3.63, 3.8) is 0 Å². The van der Waals surface area contributed by atoms with Gasteiger partial charge in [0.25, 0.3) is 0 Å². The molecule has 0 amide bonds. The zero-order valence-electron chi connectivity index (χ0n) is 10.3. The molecule has 0 saturated carbocycles. The molecule has 0 atom stereocenters. The molecule has 1 aromatic carbocycles. The number of hydrogen-bond acceptors (Lipinski definition) is 5. The molecule has 0 aliphatic rings. The van der Waals surface area contributed by atoms with Gasteiger partial charge in [-0.2, -0.15) is 0 Å². The van der Waals surface area contributed by atoms with Crippen LogP contribution in [0.2, 0.25) is 5.15 Å². The number of nitro benzene ring substituents is 1. The van der Waals surface area contributed by atoms with Crippen molar-refractivity contribution >= 4 is 17.3 Å². The van der Waals surface area contributed by atoms with Crippen LogP contribution < -0.4 is 4.74 Å². The lowest BCUT2D eigenvalue weighted by molar-refractivity contribution is -0.385. The molecule has 19 heavy (non-hydrogen) atoms. The maximum atomic E-state index is 11.1. The summed E-state index contributed by atoms with van der Waals surface area (Å²) >= 11 is 5.71. The van der Waals surface area contributed by atoms with Crippen molar-refractivity contribution in [1.29, 1.82) is 0 Å². The Bertz CT molecular complexity index is 646. The van der Waals surface area contributed by atoms with Gasteiger partial charge in [-0.05, 0) is 25.0 Å². The van der Waals surface area contributed by atoms with E-state index < -0.39 is 4.92 Å². The predicted octanol–water partition coefficient (Wildman–Crippen LogP) is 3.45. The second kappa shape index (κ2) is 5.19. The first-order valence-corrected chi connectivity index (χ1v) is 5.76. The van der Waals surface area contributed by atoms with Crippen LogP contribution in [-0.4, -0.2) is 14.9 Å². The Labute approximate surface area is 114 Å². The summed E-state index contributed by atoms with van der Waals surface area (Å²) < 4.78 is 5.46. The van der Waals surface area contributed by atoms with E-state index in [4.69, 9.17) is 16.3 Å². The predicted molar refractivity (Wildman–Crippen MR) is 69.7 cm³/mol. The van der Waals surface area contributed by atoms with Gasteiger partial charge in [-0.3, -0.25) is 10.1 Å². The topological polar surface area (TPSA) is 78.2 Å². The zero-order chi connectivity index (χ0) is 14.0. The SMILES string of the molecule is Cc1cc(C)c(Oc2cc(Cl)ncn2)c([N+](=O)[O-])c1. The third-order valence-electron chi connectivity index (χ3n) is 2.41. The van der Waals surface area contributed by atoms with Crippen LogP contribution in [0, 0.1) is 24.0 Å². The molecule has 98 valence electrons. The van der Waals surface area contributed by atoms with Gasteiger partial charge in [-0.1, -0.05) is 17.7 Å². The first-order valence-electron chi connectivity index (χ1n) is 5.38. The Morgan fingerprint density at radius 3 is 2.63 bits per heavy atom. The van der Waals surface area contributed by atoms with Crippen molar-refractivity contribution in [2.24, 2.45) is 0 Å². The minimum atomic E-state index is -0.488. The van der Waals surface area contributed by atoms with Crippen LogP contribution in [0.3, 0.4) is 0 Å². The molecule has 6 nitrogen and oxygen atoms in total. The molecule has 7 heteroatoms. The molecule has 0 bridgehead atoms. The minimum Gasteiger partial charge on any atom is -0.431 e. The van der Waals surface area contributed by atoms with Crippen molar-refractivity contribution in [3.8, 4) is 11.6 Å². The summed E-state index contributed by atoms with van der Waals surface area (Å²) in [5.41, 5.74) is 1.34. The average molecular weight is 280 g/mol. The maximum absolute atomic E-state index is 11.1. The molecule has 1 aromatic heterocycles. The van der Waals surface area contributed by atoms with Crippen molar-refractivity contribution in [2.45, 2.75) is 13.8 Å². The highest BCUT2D eigenvalue weighted by atomic mass is 35.5. The largest absolute Gasteiger partial charge is 0.431 e. The first kappa shape index (κ1) is 13.2. The van der Waals surface area contributed by atoms with Crippen molar-refractivity contribution in [3.05, 3.63) is 50.9 Å². The van der Waals surface area contributed by atoms with E-state index in [0.717, 1.165) is 5.56 Å². The molecule has 2 aromatic rings. The molecule has 0 N–H and O–H groups in total. The molecule has 0 unspecified atom stereocenters. The highest BCUT2D eigenvalue weighted by Crippen LogP contribution is 2.35. The van der Waals surface area contributed by atoms with Gasteiger partial charge in [0.1, 0.15) is 11.5 Å². The minimum absolute atomic E-state index is 0.104. The summed E-state index contributed by atoms with van der Waals surface area (Å²) in [6.07, 6.45) is 1.23. The molecular formula is C12H10ClN3O3. The second-order valence-electron chi connectivity index (χ2n) is 3.97. The maximum Gasteiger partial charge on any atom is 0.312 e. The molecule has 0 aliphatic heterocycles. The van der Waals surface area contributed by atoms with Gasteiger partial charge in [-0.25, -0.2) is 9.97 Å². The summed E-state index contributed by atoms with van der Waals surface area (Å²) in [6, 6.07) is 4.64. The fourth-order valence-corrected chi connectivity index (χ4v) is 1.82. The molecule has 0 fully saturated rings. The Kier molecular flexibility index (Phi) is 3.62. The van der Waals surface area contributed by atoms with Gasteiger partial charge in [-0.15, -0.1) is 0 Å². The van der Waals surface area contributed by atoms with Crippen LogP contribution in [0.25, 0.3) is 0 Å². The van der Waals surface area contributed by atoms with Crippen LogP contribution in [-0.2, 0) is 0 Å². The van der Waals surface area contributed by atoms with Gasteiger partial charge in [0.2, 0.25) is 11.6 Å². The summed E-state index contributed by atoms with van der Waals surface area (Å²) in [4.78, 5) is 18.1. The van der Waals surface area contributed by atoms with E-state index in [1.807, 2.05) is 0 Å². The molecule has 2 rings (SSSR count). The summed E-state index contributed by atoms with van der Waals surface area (Å²) in [5, 5.41) is 11.3. The highest BCUT2D eigenvalue weighted by Gasteiger charge is 2.19. The number of aromatic nitrogens is 2. The molecule has 1 heterocycles. The number of aryl methyl sites for hydroxylation is 2. The van der Waals surface area contributed by atoms with Crippen molar-refractivity contribution < 1.29 is 9.66 Å². The molecule has 0 radical (unpaired) electrons. The number of rotatable bonds is 3. The van der Waals surface area contributed by atoms with Crippen LogP contribution >= 0.6 is 11.6 Å². The van der Waals surface area contributed by atoms with Gasteiger partial charge in [0.05, 0.1) is 4.92 Å². The second-order valence-corrected chi connectivity index (χ2v) is 4.36. The van der Waals surface area contributed by atoms with Crippen LogP contribution in [0.4, 0.5) is 5.69 Å². The van der Waals surface area contributed by atoms with E-state index >= 15 is 0 Å². The Hall–Kier alpha value is -2.21. The quantitative estimate of drug-likeness (QED) is 0.488. The summed E-state index contributed by atoms with van der Waals surface area (Å²) in [5.74, 6) is 0.320. The van der Waals surface area contributed by atoms with E-state index in [9.17, 15) is 10.1 Å². The van der Waals surface area contributed by atoms with E-state index in [2.05, 4.69) is 9.97 Å². The number of nitro groups is 1. The number of ether oxygens (including phenoxy) is 1. The smallest absolute Gasteiger partial charge is 0.312 e. The first-order chi connectivity index (χ1) is 8.97. The Morgan fingerprint density at radius 2 is 2.00 bits per heavy atom. The number of benzene rings is 1. The van der Waals surface area contributed by atoms with E-state index in [0.29, 0.717) is 5.56 Å². The zero-order valence-corrected chi connectivity index (χ0v) is 11.0. The number of hydrogen-bond donors (Lipinski definition) is 0. The molecular weight excluding hydrogens is 270 g/mol. The van der Waals surface area contributed by atoms with Gasteiger partial charge in [0, 0.05) is 12.1 Å². The fraction of sp³-hybridized carbons (Fsp3) is 0.167. The van der Waals surface area contributed by atoms with Crippen LogP contribution in [0.5, 0.6) is 11.6 Å². The highest BCUT2D eigenvalue weighted by molar-refractivity contribution is 6.29. The van der Waals surface area contributed by atoms with Gasteiger partial charge in [0.15, 0.2) is 0 Å². The molecule has 0 spiro atoms. The Morgan fingerprint density at radius 1 is 1.26 bits per heavy atom. The third kappa shape index (κ3) is 2.97. The molecule has 0 aliphatic carbocycles. The van der Waals surface area contributed by atoms with E-state index in [-0.39, 0.29) is 22.5 Å². The standard InChI is InChI=1S/C12H10ClN3O3/c1-7-3-8(2)12(9(4-7)16(17)18)19-11-5-10(13)14-6-15-11/h3-6H,1-2H3. The Balaban J connectivity index is 2.47. The van der Waals surface area contributed by atoms with Crippen molar-refractivity contribution in [2.75, 3.05) is 0 Å². The number of halogens is 1. The van der Waals surface area contributed by atoms with E-state index in [1.165, 1.54) is 18.5 Å². The lowest BCUT2D eigenvalue weighted by atomic mass is 10.1. The van der Waals surface area contributed by atoms with Gasteiger partial charge >= 0.3 is 5.69 Å². The van der Waals surface area contributed by atoms with Gasteiger partial charge < -0.3 is 4.74 Å². The lowest BCUT2D eigenvalue weighted by Crippen LogP contribution is -1.98. The van der Waals surface area contributed by atoms with Crippen molar-refractivity contribution in [1.82, 2.24) is 9.97 Å². The molecule has 0 saturated heterocycles. The normalized spacial score (nSPS) is 10.3. The monoisotopic (exact) mass is 279 g/mol.